The number of ether oxygens (including phenoxy) is 1. The van der Waals surface area contributed by atoms with Gasteiger partial charge in [0.05, 0.1) is 18.1 Å². The number of carbonyl (C=O) groups is 2. The first-order valence-corrected chi connectivity index (χ1v) is 6.98. The van der Waals surface area contributed by atoms with Crippen molar-refractivity contribution in [3.63, 3.8) is 0 Å². The molecule has 6 heteroatoms. The highest BCUT2D eigenvalue weighted by molar-refractivity contribution is 9.10. The van der Waals surface area contributed by atoms with Crippen LogP contribution in [-0.2, 0) is 14.3 Å². The van der Waals surface area contributed by atoms with Crippen molar-refractivity contribution in [1.29, 1.82) is 0 Å². The van der Waals surface area contributed by atoms with Crippen LogP contribution in [0.3, 0.4) is 0 Å². The lowest BCUT2D eigenvalue weighted by atomic mass is 9.82. The monoisotopic (exact) mass is 337 g/mol. The molecule has 5 nitrogen and oxygen atoms in total. The third kappa shape index (κ3) is 2.25. The Hall–Kier alpha value is -1.66. The molecular weight excluding hydrogens is 326 g/mol. The summed E-state index contributed by atoms with van der Waals surface area (Å²) in [7, 11) is 0. The second-order valence-corrected chi connectivity index (χ2v) is 5.76. The maximum Gasteiger partial charge on any atom is 0.310 e. The minimum absolute atomic E-state index is 0.327. The van der Waals surface area contributed by atoms with Crippen LogP contribution in [0.2, 0.25) is 0 Å². The number of nitrogens with one attached hydrogen (secondary N) is 1. The zero-order valence-corrected chi connectivity index (χ0v) is 11.9. The van der Waals surface area contributed by atoms with Gasteiger partial charge in [-0.05, 0) is 18.2 Å². The molecular formula is C14H12BrNO4. The van der Waals surface area contributed by atoms with E-state index in [2.05, 4.69) is 21.2 Å². The molecule has 1 amide bonds. The van der Waals surface area contributed by atoms with E-state index in [-0.39, 0.29) is 5.91 Å². The van der Waals surface area contributed by atoms with E-state index < -0.39 is 30.0 Å². The fraction of sp³-hybridized carbons (Fsp3) is 0.286. The Morgan fingerprint density at radius 2 is 1.90 bits per heavy atom. The number of hydrogen-bond donors (Lipinski definition) is 2. The average molecular weight is 338 g/mol. The first-order valence-electron chi connectivity index (χ1n) is 6.19. The fourth-order valence-corrected chi connectivity index (χ4v) is 3.11. The Kier molecular flexibility index (Phi) is 3.35. The first-order chi connectivity index (χ1) is 9.56. The molecule has 0 aromatic heterocycles. The largest absolute Gasteiger partial charge is 0.481 e. The molecule has 2 aliphatic rings. The molecule has 1 fully saturated rings. The molecule has 2 N–H and O–H groups in total. The molecule has 0 radical (unpaired) electrons. The summed E-state index contributed by atoms with van der Waals surface area (Å²) in [5.41, 5.74) is 0.625. The number of benzene rings is 1. The van der Waals surface area contributed by atoms with Crippen molar-refractivity contribution in [2.75, 3.05) is 5.32 Å². The van der Waals surface area contributed by atoms with Crippen LogP contribution in [0, 0.1) is 11.8 Å². The van der Waals surface area contributed by atoms with Gasteiger partial charge < -0.3 is 15.2 Å². The third-order valence-corrected chi connectivity index (χ3v) is 4.07. The van der Waals surface area contributed by atoms with Gasteiger partial charge in [-0.1, -0.05) is 34.1 Å². The van der Waals surface area contributed by atoms with E-state index in [9.17, 15) is 14.7 Å². The highest BCUT2D eigenvalue weighted by Crippen LogP contribution is 2.39. The van der Waals surface area contributed by atoms with Gasteiger partial charge >= 0.3 is 5.97 Å². The summed E-state index contributed by atoms with van der Waals surface area (Å²) in [4.78, 5) is 23.6. The molecule has 2 bridgehead atoms. The number of carboxylic acid groups (broad SMARTS) is 1. The van der Waals surface area contributed by atoms with E-state index >= 15 is 0 Å². The van der Waals surface area contributed by atoms with E-state index in [1.54, 1.807) is 30.4 Å². The Morgan fingerprint density at radius 3 is 2.55 bits per heavy atom. The van der Waals surface area contributed by atoms with Gasteiger partial charge in [-0.3, -0.25) is 9.59 Å². The molecule has 1 aromatic carbocycles. The topological polar surface area (TPSA) is 75.6 Å². The molecule has 0 saturated carbocycles. The van der Waals surface area contributed by atoms with E-state index in [4.69, 9.17) is 4.74 Å². The number of rotatable bonds is 3. The van der Waals surface area contributed by atoms with Gasteiger partial charge in [-0.15, -0.1) is 0 Å². The van der Waals surface area contributed by atoms with Crippen LogP contribution in [0.25, 0.3) is 0 Å². The van der Waals surface area contributed by atoms with Crippen molar-refractivity contribution in [3.8, 4) is 0 Å². The third-order valence-electron chi connectivity index (χ3n) is 3.58. The number of fused-ring (bicyclic) bond motifs is 2. The van der Waals surface area contributed by atoms with Crippen LogP contribution in [0.15, 0.2) is 40.9 Å². The number of aliphatic carboxylic acids is 1. The van der Waals surface area contributed by atoms with Crippen LogP contribution in [0.4, 0.5) is 5.69 Å². The van der Waals surface area contributed by atoms with E-state index in [1.165, 1.54) is 0 Å². The van der Waals surface area contributed by atoms with Crippen molar-refractivity contribution in [2.24, 2.45) is 11.8 Å². The van der Waals surface area contributed by atoms with E-state index in [0.717, 1.165) is 4.47 Å². The predicted molar refractivity (Wildman–Crippen MR) is 75.2 cm³/mol. The quantitative estimate of drug-likeness (QED) is 0.827. The number of carbonyl (C=O) groups excluding carboxylic acids is 1. The van der Waals surface area contributed by atoms with E-state index in [1.807, 2.05) is 6.07 Å². The van der Waals surface area contributed by atoms with Gasteiger partial charge in [0.1, 0.15) is 5.92 Å². The van der Waals surface area contributed by atoms with Crippen LogP contribution >= 0.6 is 15.9 Å². The second-order valence-electron chi connectivity index (χ2n) is 4.84. The van der Waals surface area contributed by atoms with Gasteiger partial charge in [-0.2, -0.15) is 0 Å². The van der Waals surface area contributed by atoms with Gasteiger partial charge in [0.2, 0.25) is 5.91 Å². The predicted octanol–water partition coefficient (Wildman–Crippen LogP) is 2.04. The Balaban J connectivity index is 1.80. The highest BCUT2D eigenvalue weighted by atomic mass is 79.9. The van der Waals surface area contributed by atoms with Crippen molar-refractivity contribution >= 4 is 33.5 Å². The summed E-state index contributed by atoms with van der Waals surface area (Å²) >= 11 is 3.32. The van der Waals surface area contributed by atoms with Gasteiger partial charge in [0.15, 0.2) is 0 Å². The van der Waals surface area contributed by atoms with Gasteiger partial charge in [0, 0.05) is 10.2 Å². The number of carboxylic acids is 1. The Bertz CT molecular complexity index is 601. The summed E-state index contributed by atoms with van der Waals surface area (Å²) in [6.45, 7) is 0. The Morgan fingerprint density at radius 1 is 1.20 bits per heavy atom. The molecule has 2 aliphatic heterocycles. The van der Waals surface area contributed by atoms with Gasteiger partial charge in [0.25, 0.3) is 0 Å². The summed E-state index contributed by atoms with van der Waals surface area (Å²) in [5, 5.41) is 12.0. The zero-order chi connectivity index (χ0) is 14.3. The standard InChI is InChI=1S/C14H12BrNO4/c15-7-2-1-3-8(6-7)16-13(17)11-9-4-5-10(20-9)12(11)14(18)19/h1-6,9-12H,(H,16,17)(H,18,19)/t9-,10+,11+,12-/m0/s1. The first kappa shape index (κ1) is 13.3. The highest BCUT2D eigenvalue weighted by Gasteiger charge is 2.53. The Labute approximate surface area is 123 Å². The summed E-state index contributed by atoms with van der Waals surface area (Å²) < 4.78 is 6.32. The minimum atomic E-state index is -1.00. The number of halogens is 1. The van der Waals surface area contributed by atoms with Crippen LogP contribution in [0.5, 0.6) is 0 Å². The molecule has 0 unspecified atom stereocenters. The summed E-state index contributed by atoms with van der Waals surface area (Å²) in [6, 6.07) is 7.16. The van der Waals surface area contributed by atoms with Crippen molar-refractivity contribution < 1.29 is 19.4 Å². The zero-order valence-electron chi connectivity index (χ0n) is 10.3. The summed E-state index contributed by atoms with van der Waals surface area (Å²) in [6.07, 6.45) is 2.52. The number of hydrogen-bond acceptors (Lipinski definition) is 3. The second kappa shape index (κ2) is 5.03. The molecule has 0 spiro atoms. The maximum absolute atomic E-state index is 12.3. The van der Waals surface area contributed by atoms with Gasteiger partial charge in [-0.25, -0.2) is 0 Å². The normalized spacial score (nSPS) is 30.4. The molecule has 20 heavy (non-hydrogen) atoms. The molecule has 104 valence electrons. The molecule has 3 rings (SSSR count). The number of amides is 1. The fourth-order valence-electron chi connectivity index (χ4n) is 2.71. The lowest BCUT2D eigenvalue weighted by molar-refractivity contribution is -0.145. The van der Waals surface area contributed by atoms with E-state index in [0.29, 0.717) is 5.69 Å². The van der Waals surface area contributed by atoms with Crippen molar-refractivity contribution in [1.82, 2.24) is 0 Å². The molecule has 0 aliphatic carbocycles. The van der Waals surface area contributed by atoms with Crippen molar-refractivity contribution in [2.45, 2.75) is 12.2 Å². The summed E-state index contributed by atoms with van der Waals surface area (Å²) in [5.74, 6) is -2.85. The van der Waals surface area contributed by atoms with Crippen LogP contribution in [-0.4, -0.2) is 29.2 Å². The lowest BCUT2D eigenvalue weighted by Crippen LogP contribution is -2.39. The number of anilines is 1. The van der Waals surface area contributed by atoms with Crippen LogP contribution < -0.4 is 5.32 Å². The molecule has 1 saturated heterocycles. The minimum Gasteiger partial charge on any atom is -0.481 e. The molecule has 4 atom stereocenters. The SMILES string of the molecule is O=C(O)[C@@H]1[C@H](C(=O)Nc2cccc(Br)c2)[C@@H]2C=C[C@H]1O2. The van der Waals surface area contributed by atoms with Crippen LogP contribution in [0.1, 0.15) is 0 Å². The average Bonchev–Trinajstić information content (AvgIpc) is 2.98. The maximum atomic E-state index is 12.3. The lowest BCUT2D eigenvalue weighted by Gasteiger charge is -2.21. The van der Waals surface area contributed by atoms with Crippen molar-refractivity contribution in [3.05, 3.63) is 40.9 Å². The molecule has 2 heterocycles. The molecule has 1 aromatic rings. The smallest absolute Gasteiger partial charge is 0.310 e.